The van der Waals surface area contributed by atoms with Crippen LogP contribution in [0.3, 0.4) is 0 Å². The zero-order valence-electron chi connectivity index (χ0n) is 12.6. The fraction of sp³-hybridized carbons (Fsp3) is 0.176. The van der Waals surface area contributed by atoms with Crippen LogP contribution in [-0.4, -0.2) is 33.4 Å². The van der Waals surface area contributed by atoms with Crippen molar-refractivity contribution in [2.45, 2.75) is 12.8 Å². The fourth-order valence-corrected chi connectivity index (χ4v) is 2.69. The lowest BCUT2D eigenvalue weighted by Gasteiger charge is -2.12. The van der Waals surface area contributed by atoms with E-state index in [2.05, 4.69) is 10.1 Å². The van der Waals surface area contributed by atoms with Gasteiger partial charge in [-0.25, -0.2) is 0 Å². The summed E-state index contributed by atoms with van der Waals surface area (Å²) in [5.74, 6) is 0.855. The quantitative estimate of drug-likeness (QED) is 0.670. The highest BCUT2D eigenvalue weighted by Crippen LogP contribution is 2.23. The van der Waals surface area contributed by atoms with E-state index in [0.29, 0.717) is 48.0 Å². The number of fused-ring (bicyclic) bond motifs is 1. The summed E-state index contributed by atoms with van der Waals surface area (Å²) in [6.45, 7) is 0.310. The summed E-state index contributed by atoms with van der Waals surface area (Å²) >= 11 is 0. The molecule has 0 aliphatic carbocycles. The number of furan rings is 1. The van der Waals surface area contributed by atoms with Crippen molar-refractivity contribution in [3.63, 3.8) is 0 Å². The Morgan fingerprint density at radius 3 is 2.42 bits per heavy atom. The number of hydrogen-bond donors (Lipinski definition) is 0. The lowest BCUT2D eigenvalue weighted by atomic mass is 10.1. The highest BCUT2D eigenvalue weighted by Gasteiger charge is 2.34. The lowest BCUT2D eigenvalue weighted by molar-refractivity contribution is 0.0651. The van der Waals surface area contributed by atoms with Gasteiger partial charge in [-0.2, -0.15) is 4.98 Å². The predicted molar refractivity (Wildman–Crippen MR) is 82.1 cm³/mol. The summed E-state index contributed by atoms with van der Waals surface area (Å²) in [5, 5.41) is 3.84. The number of hydrogen-bond acceptors (Lipinski definition) is 6. The first kappa shape index (κ1) is 14.4. The van der Waals surface area contributed by atoms with Crippen molar-refractivity contribution in [3.8, 4) is 11.6 Å². The highest BCUT2D eigenvalue weighted by atomic mass is 16.5. The molecule has 2 amide bonds. The Labute approximate surface area is 136 Å². The molecule has 2 aromatic heterocycles. The molecular formula is C17H13N3O4. The number of rotatable bonds is 5. The standard InChI is InChI=1S/C17H13N3O4/c21-16-11-5-1-2-6-12(11)17(22)20(16)9-3-8-14-18-15(19-24-14)13-7-4-10-23-13/h1-2,4-7,10H,3,8-9H2. The van der Waals surface area contributed by atoms with E-state index in [9.17, 15) is 9.59 Å². The smallest absolute Gasteiger partial charge is 0.261 e. The molecular weight excluding hydrogens is 310 g/mol. The fourth-order valence-electron chi connectivity index (χ4n) is 2.69. The molecule has 120 valence electrons. The maximum Gasteiger partial charge on any atom is 0.261 e. The molecule has 24 heavy (non-hydrogen) atoms. The molecule has 4 rings (SSSR count). The van der Waals surface area contributed by atoms with Gasteiger partial charge < -0.3 is 8.94 Å². The van der Waals surface area contributed by atoms with E-state index in [4.69, 9.17) is 8.94 Å². The molecule has 1 aliphatic heterocycles. The van der Waals surface area contributed by atoms with Crippen molar-refractivity contribution in [1.29, 1.82) is 0 Å². The van der Waals surface area contributed by atoms with Crippen molar-refractivity contribution >= 4 is 11.8 Å². The topological polar surface area (TPSA) is 89.4 Å². The van der Waals surface area contributed by atoms with Gasteiger partial charge in [0.05, 0.1) is 17.4 Å². The van der Waals surface area contributed by atoms with Gasteiger partial charge in [-0.3, -0.25) is 14.5 Å². The van der Waals surface area contributed by atoms with Gasteiger partial charge in [0.2, 0.25) is 11.7 Å². The third kappa shape index (κ3) is 2.40. The van der Waals surface area contributed by atoms with Crippen molar-refractivity contribution in [1.82, 2.24) is 15.0 Å². The second-order valence-electron chi connectivity index (χ2n) is 5.40. The minimum Gasteiger partial charge on any atom is -0.461 e. The largest absolute Gasteiger partial charge is 0.461 e. The van der Waals surface area contributed by atoms with E-state index in [1.54, 1.807) is 36.4 Å². The molecule has 0 fully saturated rings. The van der Waals surface area contributed by atoms with E-state index in [0.717, 1.165) is 0 Å². The monoisotopic (exact) mass is 323 g/mol. The molecule has 0 radical (unpaired) electrons. The van der Waals surface area contributed by atoms with E-state index in [1.165, 1.54) is 11.2 Å². The van der Waals surface area contributed by atoms with Crippen LogP contribution in [0, 0.1) is 0 Å². The number of carbonyl (C=O) groups excluding carboxylic acids is 2. The molecule has 7 heteroatoms. The number of nitrogens with zero attached hydrogens (tertiary/aromatic N) is 3. The van der Waals surface area contributed by atoms with Gasteiger partial charge in [0.15, 0.2) is 5.76 Å². The zero-order chi connectivity index (χ0) is 16.5. The third-order valence-electron chi connectivity index (χ3n) is 3.86. The average Bonchev–Trinajstić information content (AvgIpc) is 3.32. The molecule has 0 unspecified atom stereocenters. The number of amides is 2. The summed E-state index contributed by atoms with van der Waals surface area (Å²) in [7, 11) is 0. The minimum atomic E-state index is -0.252. The second kappa shape index (κ2) is 5.77. The van der Waals surface area contributed by atoms with E-state index in [1.807, 2.05) is 0 Å². The molecule has 3 heterocycles. The number of benzene rings is 1. The van der Waals surface area contributed by atoms with Gasteiger partial charge in [0, 0.05) is 13.0 Å². The Kier molecular flexibility index (Phi) is 3.45. The van der Waals surface area contributed by atoms with Crippen LogP contribution in [0.25, 0.3) is 11.6 Å². The molecule has 7 nitrogen and oxygen atoms in total. The normalized spacial score (nSPS) is 13.6. The van der Waals surface area contributed by atoms with Gasteiger partial charge in [0.1, 0.15) is 0 Å². The summed E-state index contributed by atoms with van der Waals surface area (Å²) in [6.07, 6.45) is 2.56. The van der Waals surface area contributed by atoms with Crippen molar-refractivity contribution in [3.05, 3.63) is 59.7 Å². The van der Waals surface area contributed by atoms with Gasteiger partial charge in [-0.15, -0.1) is 0 Å². The molecule has 0 N–H and O–H groups in total. The molecule has 3 aromatic rings. The molecule has 1 aliphatic rings. The summed E-state index contributed by atoms with van der Waals surface area (Å²) < 4.78 is 10.4. The predicted octanol–water partition coefficient (Wildman–Crippen LogP) is 2.56. The van der Waals surface area contributed by atoms with Gasteiger partial charge >= 0.3 is 0 Å². The summed E-state index contributed by atoms with van der Waals surface area (Å²) in [5.41, 5.74) is 0.917. The Morgan fingerprint density at radius 2 is 1.75 bits per heavy atom. The van der Waals surface area contributed by atoms with Crippen molar-refractivity contribution in [2.75, 3.05) is 6.54 Å². The van der Waals surface area contributed by atoms with Crippen molar-refractivity contribution < 1.29 is 18.5 Å². The molecule has 0 spiro atoms. The maximum atomic E-state index is 12.3. The summed E-state index contributed by atoms with van der Waals surface area (Å²) in [4.78, 5) is 30.0. The van der Waals surface area contributed by atoms with E-state index in [-0.39, 0.29) is 11.8 Å². The van der Waals surface area contributed by atoms with Crippen LogP contribution >= 0.6 is 0 Å². The molecule has 0 bridgehead atoms. The molecule has 0 saturated carbocycles. The average molecular weight is 323 g/mol. The maximum absolute atomic E-state index is 12.3. The summed E-state index contributed by atoms with van der Waals surface area (Å²) in [6, 6.07) is 10.3. The minimum absolute atomic E-state index is 0.252. The Bertz CT molecular complexity index is 863. The van der Waals surface area contributed by atoms with E-state index < -0.39 is 0 Å². The Hall–Kier alpha value is -3.22. The van der Waals surface area contributed by atoms with Crippen LogP contribution in [0.4, 0.5) is 0 Å². The Balaban J connectivity index is 1.39. The number of imide groups is 1. The Morgan fingerprint density at radius 1 is 1.00 bits per heavy atom. The van der Waals surface area contributed by atoms with Crippen LogP contribution in [0.15, 0.2) is 51.6 Å². The van der Waals surface area contributed by atoms with Gasteiger partial charge in [-0.1, -0.05) is 17.3 Å². The molecule has 1 aromatic carbocycles. The highest BCUT2D eigenvalue weighted by molar-refractivity contribution is 6.21. The number of aromatic nitrogens is 2. The third-order valence-corrected chi connectivity index (χ3v) is 3.86. The van der Waals surface area contributed by atoms with Crippen LogP contribution < -0.4 is 0 Å². The molecule has 0 saturated heterocycles. The second-order valence-corrected chi connectivity index (χ2v) is 5.40. The van der Waals surface area contributed by atoms with Crippen LogP contribution in [0.5, 0.6) is 0 Å². The van der Waals surface area contributed by atoms with Crippen molar-refractivity contribution in [2.24, 2.45) is 0 Å². The van der Waals surface area contributed by atoms with Crippen LogP contribution in [0.2, 0.25) is 0 Å². The first-order valence-electron chi connectivity index (χ1n) is 7.56. The van der Waals surface area contributed by atoms with Gasteiger partial charge in [-0.05, 0) is 30.7 Å². The number of aryl methyl sites for hydroxylation is 1. The SMILES string of the molecule is O=C1c2ccccc2C(=O)N1CCCc1nc(-c2ccco2)no1. The number of carbonyl (C=O) groups is 2. The molecule has 0 atom stereocenters. The van der Waals surface area contributed by atoms with Crippen LogP contribution in [-0.2, 0) is 6.42 Å². The zero-order valence-corrected chi connectivity index (χ0v) is 12.6. The first-order valence-corrected chi connectivity index (χ1v) is 7.56. The lowest BCUT2D eigenvalue weighted by Crippen LogP contribution is -2.30. The van der Waals surface area contributed by atoms with Gasteiger partial charge in [0.25, 0.3) is 11.8 Å². The van der Waals surface area contributed by atoms with E-state index >= 15 is 0 Å². The first-order chi connectivity index (χ1) is 11.7. The van der Waals surface area contributed by atoms with Crippen LogP contribution in [0.1, 0.15) is 33.0 Å².